The first-order chi connectivity index (χ1) is 17.4. The molecular formula is C27H25N3O3S3. The molecule has 0 aliphatic carbocycles. The Morgan fingerprint density at radius 1 is 1.06 bits per heavy atom. The van der Waals surface area contributed by atoms with Gasteiger partial charge >= 0.3 is 0 Å². The number of hydrogen-bond donors (Lipinski definition) is 1. The van der Waals surface area contributed by atoms with Crippen molar-refractivity contribution in [3.63, 3.8) is 0 Å². The number of nitrogens with one attached hydrogen (secondary N) is 1. The van der Waals surface area contributed by atoms with Gasteiger partial charge in [-0.25, -0.2) is 18.1 Å². The first-order valence-corrected chi connectivity index (χ1v) is 15.1. The molecule has 5 aromatic rings. The van der Waals surface area contributed by atoms with Gasteiger partial charge in [0.25, 0.3) is 5.91 Å². The largest absolute Gasteiger partial charge is 0.303 e. The summed E-state index contributed by atoms with van der Waals surface area (Å²) >= 11 is 3.31. The summed E-state index contributed by atoms with van der Waals surface area (Å²) in [6, 6.07) is 20.7. The van der Waals surface area contributed by atoms with Crippen LogP contribution in [0.2, 0.25) is 0 Å². The Morgan fingerprint density at radius 2 is 1.86 bits per heavy atom. The Morgan fingerprint density at radius 3 is 2.69 bits per heavy atom. The van der Waals surface area contributed by atoms with Crippen molar-refractivity contribution in [2.24, 2.45) is 0 Å². The molecule has 1 N–H and O–H groups in total. The monoisotopic (exact) mass is 535 g/mol. The molecule has 3 heterocycles. The average molecular weight is 536 g/mol. The lowest BCUT2D eigenvalue weighted by Gasteiger charge is -2.08. The predicted molar refractivity (Wildman–Crippen MR) is 148 cm³/mol. The molecule has 2 aromatic carbocycles. The fourth-order valence-corrected chi connectivity index (χ4v) is 7.44. The smallest absolute Gasteiger partial charge is 0.264 e. The van der Waals surface area contributed by atoms with Gasteiger partial charge in [-0.3, -0.25) is 4.79 Å². The zero-order valence-corrected chi connectivity index (χ0v) is 22.1. The first-order valence-electron chi connectivity index (χ1n) is 11.6. The second-order valence-electron chi connectivity index (χ2n) is 8.50. The van der Waals surface area contributed by atoms with Gasteiger partial charge in [-0.1, -0.05) is 36.4 Å². The SMILES string of the molecule is Cc1cccc2scc(Cc3c(SCCCS(=O)(=O)NC(=O)c4ccccc4)nc4ccccn34)c12. The number of thioether (sulfide) groups is 1. The van der Waals surface area contributed by atoms with Crippen molar-refractivity contribution in [2.45, 2.75) is 24.8 Å². The van der Waals surface area contributed by atoms with Gasteiger partial charge in [-0.2, -0.15) is 0 Å². The van der Waals surface area contributed by atoms with Crippen LogP contribution >= 0.6 is 23.1 Å². The van der Waals surface area contributed by atoms with E-state index in [9.17, 15) is 13.2 Å². The summed E-state index contributed by atoms with van der Waals surface area (Å²) in [6.07, 6.45) is 3.16. The molecule has 0 spiro atoms. The number of aryl methyl sites for hydroxylation is 1. The Hall–Kier alpha value is -3.14. The number of carbonyl (C=O) groups excluding carboxylic acids is 1. The lowest BCUT2D eigenvalue weighted by Crippen LogP contribution is -2.32. The highest BCUT2D eigenvalue weighted by Gasteiger charge is 2.18. The standard InChI is InChI=1S/C27H25N3O3S3/c1-19-9-7-12-23-25(19)21(18-35-23)17-22-27(28-24-13-5-6-14-30(22)24)34-15-8-16-36(32,33)29-26(31)20-10-3-2-4-11-20/h2-7,9-14,18H,8,15-17H2,1H3,(H,29,31). The molecule has 184 valence electrons. The van der Waals surface area contributed by atoms with Crippen LogP contribution in [0, 0.1) is 6.92 Å². The molecule has 1 amide bonds. The summed E-state index contributed by atoms with van der Waals surface area (Å²) in [5.41, 5.74) is 4.81. The van der Waals surface area contributed by atoms with Crippen molar-refractivity contribution in [3.05, 3.63) is 101 Å². The summed E-state index contributed by atoms with van der Waals surface area (Å²) in [7, 11) is -3.73. The third-order valence-electron chi connectivity index (χ3n) is 5.91. The van der Waals surface area contributed by atoms with E-state index in [-0.39, 0.29) is 5.75 Å². The van der Waals surface area contributed by atoms with Crippen LogP contribution in [-0.4, -0.2) is 35.2 Å². The third kappa shape index (κ3) is 5.33. The van der Waals surface area contributed by atoms with E-state index in [4.69, 9.17) is 4.98 Å². The van der Waals surface area contributed by atoms with Crippen LogP contribution in [0.15, 0.2) is 83.3 Å². The normalized spacial score (nSPS) is 11.8. The van der Waals surface area contributed by atoms with E-state index >= 15 is 0 Å². The fourth-order valence-electron chi connectivity index (χ4n) is 4.21. The average Bonchev–Trinajstić information content (AvgIpc) is 3.44. The summed E-state index contributed by atoms with van der Waals surface area (Å²) in [5, 5.41) is 4.42. The second-order valence-corrected chi connectivity index (χ2v) is 12.3. The highest BCUT2D eigenvalue weighted by molar-refractivity contribution is 7.99. The highest BCUT2D eigenvalue weighted by Crippen LogP contribution is 2.33. The number of aromatic nitrogens is 2. The minimum atomic E-state index is -3.73. The molecule has 3 aromatic heterocycles. The van der Waals surface area contributed by atoms with Crippen LogP contribution in [0.4, 0.5) is 0 Å². The molecular weight excluding hydrogens is 511 g/mol. The Labute approximate surface area is 218 Å². The van der Waals surface area contributed by atoms with Gasteiger partial charge in [0.15, 0.2) is 0 Å². The minimum Gasteiger partial charge on any atom is -0.303 e. The van der Waals surface area contributed by atoms with Gasteiger partial charge in [-0.15, -0.1) is 23.1 Å². The number of pyridine rings is 1. The van der Waals surface area contributed by atoms with Crippen molar-refractivity contribution >= 4 is 54.8 Å². The summed E-state index contributed by atoms with van der Waals surface area (Å²) in [5.74, 6) is -0.166. The molecule has 5 rings (SSSR count). The Bertz CT molecular complexity index is 1640. The van der Waals surface area contributed by atoms with E-state index in [0.29, 0.717) is 17.7 Å². The molecule has 0 aliphatic rings. The van der Waals surface area contributed by atoms with Gasteiger partial charge in [-0.05, 0) is 65.6 Å². The van der Waals surface area contributed by atoms with Crippen LogP contribution in [0.5, 0.6) is 0 Å². The number of fused-ring (bicyclic) bond motifs is 2. The van der Waals surface area contributed by atoms with Crippen molar-refractivity contribution in [1.29, 1.82) is 0 Å². The summed E-state index contributed by atoms with van der Waals surface area (Å²) < 4.78 is 30.4. The van der Waals surface area contributed by atoms with Crippen LogP contribution in [0.1, 0.15) is 33.6 Å². The van der Waals surface area contributed by atoms with E-state index < -0.39 is 15.9 Å². The van der Waals surface area contributed by atoms with Crippen molar-refractivity contribution in [1.82, 2.24) is 14.1 Å². The molecule has 36 heavy (non-hydrogen) atoms. The molecule has 0 unspecified atom stereocenters. The second kappa shape index (κ2) is 10.5. The quantitative estimate of drug-likeness (QED) is 0.194. The lowest BCUT2D eigenvalue weighted by molar-refractivity contribution is 0.0981. The van der Waals surface area contributed by atoms with Crippen LogP contribution in [0.25, 0.3) is 15.7 Å². The first kappa shape index (κ1) is 24.5. The maximum atomic E-state index is 12.4. The minimum absolute atomic E-state index is 0.129. The maximum Gasteiger partial charge on any atom is 0.264 e. The Kier molecular flexibility index (Phi) is 7.13. The molecule has 0 saturated heterocycles. The molecule has 0 saturated carbocycles. The number of benzene rings is 2. The topological polar surface area (TPSA) is 80.5 Å². The van der Waals surface area contributed by atoms with Gasteiger partial charge in [0.2, 0.25) is 10.0 Å². The number of nitrogens with zero attached hydrogens (tertiary/aromatic N) is 2. The van der Waals surface area contributed by atoms with Crippen LogP contribution in [0.3, 0.4) is 0 Å². The van der Waals surface area contributed by atoms with E-state index in [1.807, 2.05) is 24.4 Å². The molecule has 0 bridgehead atoms. The molecule has 0 atom stereocenters. The zero-order chi connectivity index (χ0) is 25.1. The molecule has 0 aliphatic heterocycles. The number of carbonyl (C=O) groups is 1. The van der Waals surface area contributed by atoms with E-state index in [0.717, 1.165) is 22.8 Å². The van der Waals surface area contributed by atoms with Crippen LogP contribution < -0.4 is 4.72 Å². The van der Waals surface area contributed by atoms with Gasteiger partial charge in [0.05, 0.1) is 11.4 Å². The van der Waals surface area contributed by atoms with E-state index in [1.54, 1.807) is 53.4 Å². The fraction of sp³-hybridized carbons (Fsp3) is 0.185. The highest BCUT2D eigenvalue weighted by atomic mass is 32.2. The third-order valence-corrected chi connectivity index (χ3v) is 9.33. The van der Waals surface area contributed by atoms with E-state index in [2.05, 4.69) is 39.6 Å². The number of imidazole rings is 1. The number of thiophene rings is 1. The van der Waals surface area contributed by atoms with Gasteiger partial charge in [0.1, 0.15) is 10.7 Å². The van der Waals surface area contributed by atoms with Gasteiger partial charge in [0, 0.05) is 28.6 Å². The molecule has 9 heteroatoms. The molecule has 0 radical (unpaired) electrons. The van der Waals surface area contributed by atoms with Crippen molar-refractivity contribution in [3.8, 4) is 0 Å². The zero-order valence-electron chi connectivity index (χ0n) is 19.7. The lowest BCUT2D eigenvalue weighted by atomic mass is 10.0. The molecule has 6 nitrogen and oxygen atoms in total. The summed E-state index contributed by atoms with van der Waals surface area (Å²) in [6.45, 7) is 2.14. The number of amides is 1. The maximum absolute atomic E-state index is 12.4. The van der Waals surface area contributed by atoms with Crippen molar-refractivity contribution < 1.29 is 13.2 Å². The number of hydrogen-bond acceptors (Lipinski definition) is 6. The van der Waals surface area contributed by atoms with Crippen LogP contribution in [-0.2, 0) is 16.4 Å². The Balaban J connectivity index is 1.29. The van der Waals surface area contributed by atoms with Crippen molar-refractivity contribution in [2.75, 3.05) is 11.5 Å². The summed E-state index contributed by atoms with van der Waals surface area (Å²) in [4.78, 5) is 17.0. The molecule has 0 fully saturated rings. The van der Waals surface area contributed by atoms with E-state index in [1.165, 1.54) is 21.2 Å². The predicted octanol–water partition coefficient (Wildman–Crippen LogP) is 5.69. The van der Waals surface area contributed by atoms with Gasteiger partial charge < -0.3 is 4.40 Å². The number of sulfonamides is 1. The number of rotatable bonds is 9.